The molecule has 1 aromatic heterocycles. The van der Waals surface area contributed by atoms with Gasteiger partial charge in [-0.3, -0.25) is 0 Å². The summed E-state index contributed by atoms with van der Waals surface area (Å²) in [5, 5.41) is 2.14. The molecule has 1 aliphatic rings. The van der Waals surface area contributed by atoms with Crippen molar-refractivity contribution in [1.82, 2.24) is 15.0 Å². The summed E-state index contributed by atoms with van der Waals surface area (Å²) in [4.78, 5) is 15.3. The lowest BCUT2D eigenvalue weighted by molar-refractivity contribution is 0.492. The molecule has 0 amide bonds. The van der Waals surface area contributed by atoms with Gasteiger partial charge in [0.1, 0.15) is 11.5 Å². The SMILES string of the molecule is C1=C\c2ccc(-c3nc(-c4ccccc4)nc(-c4cccc(-c5ccccc5)c4)n3)cc2-c2ccc3ccccc3c2Oc2ccccc2-c2ccccc2/1. The molecule has 0 saturated heterocycles. The van der Waals surface area contributed by atoms with E-state index in [2.05, 4.69) is 158 Å². The van der Waals surface area contributed by atoms with Crippen LogP contribution in [0.3, 0.4) is 0 Å². The van der Waals surface area contributed by atoms with Crippen LogP contribution in [-0.2, 0) is 0 Å². The smallest absolute Gasteiger partial charge is 0.164 e. The maximum absolute atomic E-state index is 7.08. The fraction of sp³-hybridized carbons (Fsp3) is 0. The molecular weight excluding hydrogens is 671 g/mol. The first-order valence-corrected chi connectivity index (χ1v) is 18.4. The first kappa shape index (κ1) is 32.2. The Morgan fingerprint density at radius 3 is 1.71 bits per heavy atom. The minimum atomic E-state index is 0.592. The van der Waals surface area contributed by atoms with E-state index in [4.69, 9.17) is 19.7 Å². The van der Waals surface area contributed by atoms with Crippen molar-refractivity contribution in [3.8, 4) is 79.0 Å². The quantitative estimate of drug-likeness (QED) is 0.183. The van der Waals surface area contributed by atoms with Crippen molar-refractivity contribution in [3.63, 3.8) is 0 Å². The van der Waals surface area contributed by atoms with Gasteiger partial charge in [0, 0.05) is 33.2 Å². The van der Waals surface area contributed by atoms with Crippen molar-refractivity contribution < 1.29 is 4.74 Å². The molecule has 0 bridgehead atoms. The Balaban J connectivity index is 1.20. The number of para-hydroxylation sites is 1. The molecule has 8 aromatic carbocycles. The van der Waals surface area contributed by atoms with Crippen LogP contribution in [0.4, 0.5) is 0 Å². The van der Waals surface area contributed by atoms with Crippen LogP contribution in [0.5, 0.6) is 11.5 Å². The summed E-state index contributed by atoms with van der Waals surface area (Å²) in [7, 11) is 0. The van der Waals surface area contributed by atoms with Gasteiger partial charge in [0.2, 0.25) is 0 Å². The number of benzene rings is 8. The lowest BCUT2D eigenvalue weighted by atomic mass is 9.93. The van der Waals surface area contributed by atoms with Gasteiger partial charge in [-0.25, -0.2) is 15.0 Å². The number of ether oxygens (including phenoxy) is 1. The molecule has 0 aliphatic carbocycles. The molecule has 0 spiro atoms. The van der Waals surface area contributed by atoms with E-state index in [1.807, 2.05) is 42.5 Å². The third kappa shape index (κ3) is 6.16. The van der Waals surface area contributed by atoms with Gasteiger partial charge in [-0.1, -0.05) is 176 Å². The highest BCUT2D eigenvalue weighted by Gasteiger charge is 2.20. The first-order chi connectivity index (χ1) is 27.2. The molecule has 0 saturated carbocycles. The average Bonchev–Trinajstić information content (AvgIpc) is 3.28. The van der Waals surface area contributed by atoms with Crippen LogP contribution in [0.15, 0.2) is 188 Å². The molecule has 0 unspecified atom stereocenters. The van der Waals surface area contributed by atoms with Crippen molar-refractivity contribution in [2.45, 2.75) is 0 Å². The topological polar surface area (TPSA) is 47.9 Å². The van der Waals surface area contributed by atoms with Gasteiger partial charge in [-0.15, -0.1) is 0 Å². The van der Waals surface area contributed by atoms with E-state index in [1.165, 1.54) is 0 Å². The summed E-state index contributed by atoms with van der Waals surface area (Å²) in [6.07, 6.45) is 4.40. The molecule has 9 aromatic rings. The lowest BCUT2D eigenvalue weighted by Gasteiger charge is -2.18. The zero-order chi connectivity index (χ0) is 36.6. The van der Waals surface area contributed by atoms with E-state index in [0.717, 1.165) is 83.5 Å². The van der Waals surface area contributed by atoms with E-state index < -0.39 is 0 Å². The molecule has 0 fully saturated rings. The van der Waals surface area contributed by atoms with Crippen molar-refractivity contribution in [2.24, 2.45) is 0 Å². The summed E-state index contributed by atoms with van der Waals surface area (Å²) in [6.45, 7) is 0. The van der Waals surface area contributed by atoms with Gasteiger partial charge in [-0.2, -0.15) is 0 Å². The van der Waals surface area contributed by atoms with Gasteiger partial charge < -0.3 is 4.74 Å². The van der Waals surface area contributed by atoms with Crippen molar-refractivity contribution in [1.29, 1.82) is 0 Å². The van der Waals surface area contributed by atoms with Gasteiger partial charge in [0.15, 0.2) is 17.5 Å². The fourth-order valence-corrected chi connectivity index (χ4v) is 7.41. The zero-order valence-corrected chi connectivity index (χ0v) is 29.8. The minimum Gasteiger partial charge on any atom is -0.455 e. The highest BCUT2D eigenvalue weighted by Crippen LogP contribution is 2.45. The molecule has 1 aliphatic heterocycles. The minimum absolute atomic E-state index is 0.592. The van der Waals surface area contributed by atoms with E-state index in [-0.39, 0.29) is 0 Å². The monoisotopic (exact) mass is 703 g/mol. The third-order valence-corrected chi connectivity index (χ3v) is 10.2. The summed E-state index contributed by atoms with van der Waals surface area (Å²) in [5.74, 6) is 3.42. The number of hydrogen-bond donors (Lipinski definition) is 0. The summed E-state index contributed by atoms with van der Waals surface area (Å²) in [5.41, 5.74) is 11.3. The van der Waals surface area contributed by atoms with Crippen LogP contribution in [-0.4, -0.2) is 15.0 Å². The molecule has 10 rings (SSSR count). The van der Waals surface area contributed by atoms with Crippen LogP contribution in [0, 0.1) is 0 Å². The number of rotatable bonds is 4. The van der Waals surface area contributed by atoms with E-state index in [0.29, 0.717) is 17.5 Å². The lowest BCUT2D eigenvalue weighted by Crippen LogP contribution is -2.01. The Morgan fingerprint density at radius 1 is 0.327 bits per heavy atom. The molecule has 4 nitrogen and oxygen atoms in total. The predicted molar refractivity (Wildman–Crippen MR) is 225 cm³/mol. The van der Waals surface area contributed by atoms with Gasteiger partial charge >= 0.3 is 0 Å². The van der Waals surface area contributed by atoms with E-state index in [9.17, 15) is 0 Å². The Morgan fingerprint density at radius 2 is 0.909 bits per heavy atom. The maximum Gasteiger partial charge on any atom is 0.164 e. The van der Waals surface area contributed by atoms with E-state index >= 15 is 0 Å². The van der Waals surface area contributed by atoms with Gasteiger partial charge in [-0.05, 0) is 63.0 Å². The third-order valence-electron chi connectivity index (χ3n) is 10.2. The fourth-order valence-electron chi connectivity index (χ4n) is 7.41. The van der Waals surface area contributed by atoms with Crippen LogP contribution >= 0.6 is 0 Å². The largest absolute Gasteiger partial charge is 0.455 e. The molecule has 0 radical (unpaired) electrons. The van der Waals surface area contributed by atoms with Crippen LogP contribution < -0.4 is 4.74 Å². The van der Waals surface area contributed by atoms with Crippen molar-refractivity contribution in [3.05, 3.63) is 199 Å². The predicted octanol–water partition coefficient (Wildman–Crippen LogP) is 13.3. The highest BCUT2D eigenvalue weighted by atomic mass is 16.5. The summed E-state index contributed by atoms with van der Waals surface area (Å²) in [6, 6.07) is 64.9. The molecular formula is C51H33N3O. The van der Waals surface area contributed by atoms with Gasteiger partial charge in [0.05, 0.1) is 0 Å². The second kappa shape index (κ2) is 13.8. The molecule has 55 heavy (non-hydrogen) atoms. The average molecular weight is 704 g/mol. The maximum atomic E-state index is 7.08. The van der Waals surface area contributed by atoms with Crippen molar-refractivity contribution in [2.75, 3.05) is 0 Å². The normalized spacial score (nSPS) is 12.3. The Bertz CT molecular complexity index is 2900. The molecule has 0 atom stereocenters. The van der Waals surface area contributed by atoms with Crippen molar-refractivity contribution >= 4 is 22.9 Å². The zero-order valence-electron chi connectivity index (χ0n) is 29.8. The van der Waals surface area contributed by atoms with Crippen LogP contribution in [0.25, 0.3) is 90.5 Å². The highest BCUT2D eigenvalue weighted by molar-refractivity contribution is 5.99. The second-order valence-corrected chi connectivity index (χ2v) is 13.6. The van der Waals surface area contributed by atoms with Crippen LogP contribution in [0.2, 0.25) is 0 Å². The summed E-state index contributed by atoms with van der Waals surface area (Å²) >= 11 is 0. The molecule has 2 heterocycles. The molecule has 258 valence electrons. The number of hydrogen-bond acceptors (Lipinski definition) is 4. The number of fused-ring (bicyclic) bond motifs is 8. The van der Waals surface area contributed by atoms with E-state index in [1.54, 1.807) is 0 Å². The number of aromatic nitrogens is 3. The Kier molecular flexibility index (Phi) is 8.12. The second-order valence-electron chi connectivity index (χ2n) is 13.6. The number of nitrogens with zero attached hydrogens (tertiary/aromatic N) is 3. The summed E-state index contributed by atoms with van der Waals surface area (Å²) < 4.78 is 7.08. The first-order valence-electron chi connectivity index (χ1n) is 18.4. The standard InChI is InChI=1S/C51H33N3O/c1-3-14-34(15-4-1)39-20-13-21-40(32-39)50-52-49(38-18-5-2-6-19-38)53-51(54-50)41-29-28-37-27-26-35-16-7-9-22-42(35)44-24-11-12-25-47(44)55-48-43-23-10-8-17-36(43)30-31-45(48)46(37)33-41/h1-33H/b27-26-. The molecule has 0 N–H and O–H groups in total. The Hall–Kier alpha value is -7.43. The van der Waals surface area contributed by atoms with Crippen LogP contribution in [0.1, 0.15) is 11.1 Å². The Labute approximate surface area is 319 Å². The molecule has 4 heteroatoms. The van der Waals surface area contributed by atoms with Gasteiger partial charge in [0.25, 0.3) is 0 Å².